The lowest BCUT2D eigenvalue weighted by atomic mass is 10.1. The maximum atomic E-state index is 12.1. The van der Waals surface area contributed by atoms with Crippen LogP contribution in [0.1, 0.15) is 24.2 Å². The van der Waals surface area contributed by atoms with Crippen molar-refractivity contribution in [3.05, 3.63) is 23.8 Å². The lowest BCUT2D eigenvalue weighted by molar-refractivity contribution is 0.0828. The van der Waals surface area contributed by atoms with Gasteiger partial charge in [-0.15, -0.1) is 0 Å². The minimum absolute atomic E-state index is 0.0237. The van der Waals surface area contributed by atoms with Crippen LogP contribution in [0.3, 0.4) is 0 Å². The van der Waals surface area contributed by atoms with E-state index in [2.05, 4.69) is 25.4 Å². The molecule has 19 heavy (non-hydrogen) atoms. The largest absolute Gasteiger partial charge is 0.399 e. The first-order valence-electron chi connectivity index (χ1n) is 6.17. The molecule has 3 N–H and O–H groups in total. The van der Waals surface area contributed by atoms with Crippen molar-refractivity contribution in [1.82, 2.24) is 4.90 Å². The predicted octanol–water partition coefficient (Wildman–Crippen LogP) is 2.52. The van der Waals surface area contributed by atoms with Crippen molar-refractivity contribution in [2.45, 2.75) is 18.6 Å². The van der Waals surface area contributed by atoms with Crippen molar-refractivity contribution >= 4 is 29.0 Å². The quantitative estimate of drug-likeness (QED) is 0.814. The molecule has 0 atom stereocenters. The van der Waals surface area contributed by atoms with Crippen molar-refractivity contribution in [2.24, 2.45) is 0 Å². The SMILES string of the molecule is CSC(C)(C)CNc1cc(N)ccc1C(=O)N(C)C. The van der Waals surface area contributed by atoms with Gasteiger partial charge < -0.3 is 16.0 Å². The lowest BCUT2D eigenvalue weighted by Crippen LogP contribution is -2.28. The fraction of sp³-hybridized carbons (Fsp3) is 0.500. The second-order valence-electron chi connectivity index (χ2n) is 5.32. The molecule has 0 radical (unpaired) electrons. The van der Waals surface area contributed by atoms with Gasteiger partial charge in [-0.2, -0.15) is 11.8 Å². The molecule has 0 unspecified atom stereocenters. The number of anilines is 2. The fourth-order valence-corrected chi connectivity index (χ4v) is 1.73. The van der Waals surface area contributed by atoms with Crippen LogP contribution in [0.25, 0.3) is 0 Å². The maximum Gasteiger partial charge on any atom is 0.255 e. The number of nitrogens with zero attached hydrogens (tertiary/aromatic N) is 1. The van der Waals surface area contributed by atoms with Crippen LogP contribution in [0, 0.1) is 0 Å². The highest BCUT2D eigenvalue weighted by molar-refractivity contribution is 7.99. The topological polar surface area (TPSA) is 58.4 Å². The summed E-state index contributed by atoms with van der Waals surface area (Å²) in [6.07, 6.45) is 2.08. The third-order valence-corrected chi connectivity index (χ3v) is 4.19. The smallest absolute Gasteiger partial charge is 0.255 e. The van der Waals surface area contributed by atoms with Crippen molar-refractivity contribution in [1.29, 1.82) is 0 Å². The zero-order chi connectivity index (χ0) is 14.6. The second kappa shape index (κ2) is 6.19. The highest BCUT2D eigenvalue weighted by atomic mass is 32.2. The highest BCUT2D eigenvalue weighted by Crippen LogP contribution is 2.25. The second-order valence-corrected chi connectivity index (χ2v) is 6.84. The summed E-state index contributed by atoms with van der Waals surface area (Å²) >= 11 is 1.78. The number of hydrogen-bond donors (Lipinski definition) is 2. The van der Waals surface area contributed by atoms with Crippen LogP contribution < -0.4 is 11.1 Å². The third-order valence-electron chi connectivity index (χ3n) is 2.94. The number of nitrogens with two attached hydrogens (primary N) is 1. The van der Waals surface area contributed by atoms with Crippen LogP contribution in [0.15, 0.2) is 18.2 Å². The molecule has 0 aliphatic carbocycles. The minimum atomic E-state index is -0.0237. The number of rotatable bonds is 5. The highest BCUT2D eigenvalue weighted by Gasteiger charge is 2.18. The molecule has 0 saturated heterocycles. The number of carbonyl (C=O) groups excluding carboxylic acids is 1. The average molecular weight is 281 g/mol. The number of amides is 1. The van der Waals surface area contributed by atoms with Crippen molar-refractivity contribution in [2.75, 3.05) is 37.9 Å². The number of hydrogen-bond acceptors (Lipinski definition) is 4. The van der Waals surface area contributed by atoms with Crippen molar-refractivity contribution in [3.8, 4) is 0 Å². The molecular weight excluding hydrogens is 258 g/mol. The molecule has 1 amide bonds. The number of thioether (sulfide) groups is 1. The zero-order valence-electron chi connectivity index (χ0n) is 12.3. The monoisotopic (exact) mass is 281 g/mol. The molecule has 106 valence electrons. The molecule has 0 spiro atoms. The van der Waals surface area contributed by atoms with E-state index in [0.29, 0.717) is 11.3 Å². The molecule has 5 heteroatoms. The van der Waals surface area contributed by atoms with Gasteiger partial charge in [0.1, 0.15) is 0 Å². The van der Waals surface area contributed by atoms with Crippen LogP contribution in [0.5, 0.6) is 0 Å². The Morgan fingerprint density at radius 1 is 1.42 bits per heavy atom. The number of nitrogens with one attached hydrogen (secondary N) is 1. The fourth-order valence-electron chi connectivity index (χ4n) is 1.52. The standard InChI is InChI=1S/C14H23N3OS/c1-14(2,19-5)9-16-12-8-10(15)6-7-11(12)13(18)17(3)4/h6-8,16H,9,15H2,1-5H3. The van der Waals surface area contributed by atoms with Gasteiger partial charge in [-0.25, -0.2) is 0 Å². The van der Waals surface area contributed by atoms with Gasteiger partial charge in [-0.05, 0) is 38.3 Å². The predicted molar refractivity (Wildman–Crippen MR) is 85.0 cm³/mol. The Morgan fingerprint density at radius 2 is 2.05 bits per heavy atom. The summed E-state index contributed by atoms with van der Waals surface area (Å²) in [5, 5.41) is 3.33. The van der Waals surface area contributed by atoms with Gasteiger partial charge in [0, 0.05) is 36.8 Å². The molecule has 1 aromatic carbocycles. The molecule has 1 rings (SSSR count). The van der Waals surface area contributed by atoms with E-state index in [1.54, 1.807) is 42.9 Å². The summed E-state index contributed by atoms with van der Waals surface area (Å²) < 4.78 is 0.100. The van der Waals surface area contributed by atoms with E-state index in [1.807, 2.05) is 6.07 Å². The van der Waals surface area contributed by atoms with Crippen LogP contribution in [-0.4, -0.2) is 42.4 Å². The maximum absolute atomic E-state index is 12.1. The molecule has 0 aromatic heterocycles. The van der Waals surface area contributed by atoms with E-state index in [0.717, 1.165) is 12.2 Å². The van der Waals surface area contributed by atoms with Crippen LogP contribution in [-0.2, 0) is 0 Å². The first-order chi connectivity index (χ1) is 8.76. The third kappa shape index (κ3) is 4.35. The number of nitrogen functional groups attached to an aromatic ring is 1. The summed E-state index contributed by atoms with van der Waals surface area (Å²) in [5.41, 5.74) is 7.90. The zero-order valence-corrected chi connectivity index (χ0v) is 13.1. The molecule has 0 aliphatic heterocycles. The molecule has 0 bridgehead atoms. The average Bonchev–Trinajstić information content (AvgIpc) is 2.35. The van der Waals surface area contributed by atoms with E-state index in [9.17, 15) is 4.79 Å². The molecule has 0 saturated carbocycles. The Kier molecular flexibility index (Phi) is 5.11. The van der Waals surface area contributed by atoms with Gasteiger partial charge in [0.15, 0.2) is 0 Å². The van der Waals surface area contributed by atoms with E-state index in [-0.39, 0.29) is 10.7 Å². The van der Waals surface area contributed by atoms with Crippen molar-refractivity contribution in [3.63, 3.8) is 0 Å². The van der Waals surface area contributed by atoms with Crippen LogP contribution in [0.4, 0.5) is 11.4 Å². The minimum Gasteiger partial charge on any atom is -0.399 e. The lowest BCUT2D eigenvalue weighted by Gasteiger charge is -2.24. The first kappa shape index (κ1) is 15.7. The van der Waals surface area contributed by atoms with Gasteiger partial charge in [-0.3, -0.25) is 4.79 Å². The molecule has 0 heterocycles. The molecule has 0 fully saturated rings. The number of carbonyl (C=O) groups is 1. The van der Waals surface area contributed by atoms with Gasteiger partial charge in [-0.1, -0.05) is 0 Å². The molecule has 4 nitrogen and oxygen atoms in total. The van der Waals surface area contributed by atoms with Gasteiger partial charge >= 0.3 is 0 Å². The van der Waals surface area contributed by atoms with Crippen LogP contribution >= 0.6 is 11.8 Å². The van der Waals surface area contributed by atoms with Gasteiger partial charge in [0.2, 0.25) is 0 Å². The van der Waals surface area contributed by atoms with E-state index in [1.165, 1.54) is 0 Å². The van der Waals surface area contributed by atoms with Crippen molar-refractivity contribution < 1.29 is 4.79 Å². The van der Waals surface area contributed by atoms with E-state index >= 15 is 0 Å². The summed E-state index contributed by atoms with van der Waals surface area (Å²) in [5.74, 6) is -0.0237. The van der Waals surface area contributed by atoms with Gasteiger partial charge in [0.25, 0.3) is 5.91 Å². The summed E-state index contributed by atoms with van der Waals surface area (Å²) in [4.78, 5) is 13.7. The normalized spacial score (nSPS) is 11.2. The number of benzene rings is 1. The Morgan fingerprint density at radius 3 is 2.58 bits per heavy atom. The van der Waals surface area contributed by atoms with Crippen LogP contribution in [0.2, 0.25) is 0 Å². The Labute approximate surface area is 119 Å². The Bertz CT molecular complexity index is 458. The van der Waals surface area contributed by atoms with E-state index in [4.69, 9.17) is 5.73 Å². The molecular formula is C14H23N3OS. The summed E-state index contributed by atoms with van der Waals surface area (Å²) in [7, 11) is 3.49. The van der Waals surface area contributed by atoms with Gasteiger partial charge in [0.05, 0.1) is 5.56 Å². The Balaban J connectivity index is 2.98. The van der Waals surface area contributed by atoms with E-state index < -0.39 is 0 Å². The molecule has 0 aliphatic rings. The first-order valence-corrected chi connectivity index (χ1v) is 7.39. The summed E-state index contributed by atoms with van der Waals surface area (Å²) in [6, 6.07) is 5.33. The molecule has 1 aromatic rings. The summed E-state index contributed by atoms with van der Waals surface area (Å²) in [6.45, 7) is 5.08. The Hall–Kier alpha value is -1.36.